The lowest BCUT2D eigenvalue weighted by molar-refractivity contribution is -0.121. The van der Waals surface area contributed by atoms with Gasteiger partial charge >= 0.3 is 0 Å². The molecule has 0 saturated heterocycles. The Morgan fingerprint density at radius 2 is 2.08 bits per heavy atom. The normalized spacial score (nSPS) is 11.8. The fourth-order valence-corrected chi connectivity index (χ4v) is 1.19. The van der Waals surface area contributed by atoms with Crippen molar-refractivity contribution in [2.24, 2.45) is 0 Å². The van der Waals surface area contributed by atoms with E-state index >= 15 is 0 Å². The van der Waals surface area contributed by atoms with Crippen LogP contribution in [-0.2, 0) is 4.79 Å². The molecule has 1 N–H and O–H groups in total. The summed E-state index contributed by atoms with van der Waals surface area (Å²) in [4.78, 5) is 11.0. The second-order valence-corrected chi connectivity index (χ2v) is 8.32. The van der Waals surface area contributed by atoms with E-state index in [-0.39, 0.29) is 24.8 Å². The lowest BCUT2D eigenvalue weighted by atomic mass is 10.3. The van der Waals surface area contributed by atoms with Gasteiger partial charge in [-0.1, -0.05) is 0 Å². The molecule has 1 amide bonds. The maximum absolute atomic E-state index is 12.9. The van der Waals surface area contributed by atoms with Crippen molar-refractivity contribution < 1.29 is 9.18 Å². The number of alkyl halides is 3. The molecule has 0 aliphatic carbocycles. The topological polar surface area (TPSA) is 29.1 Å². The molecular weight excluding hydrogens is 387 g/mol. The summed E-state index contributed by atoms with van der Waals surface area (Å²) in [5.41, 5.74) is 0. The smallest absolute Gasteiger partial charge is 0.220 e. The summed E-state index contributed by atoms with van der Waals surface area (Å²) in [5.74, 6) is -0.0830. The monoisotopic (exact) mass is 399 g/mol. The summed E-state index contributed by atoms with van der Waals surface area (Å²) < 4.78 is 11.6. The Morgan fingerprint density at radius 1 is 1.58 bits per heavy atom. The van der Waals surface area contributed by atoms with Crippen molar-refractivity contribution in [1.29, 1.82) is 0 Å². The largest absolute Gasteiger partial charge is 0.354 e. The second-order valence-electron chi connectivity index (χ2n) is 2.84. The Bertz CT molecular complexity index is 156. The van der Waals surface area contributed by atoms with Gasteiger partial charge in [-0.25, -0.2) is 4.39 Å². The lowest BCUT2D eigenvalue weighted by Crippen LogP contribution is -2.30. The minimum absolute atomic E-state index is 0.0830. The van der Waals surface area contributed by atoms with Gasteiger partial charge in [0.05, 0.1) is 0 Å². The summed E-state index contributed by atoms with van der Waals surface area (Å²) >= 11 is 3.37. The van der Waals surface area contributed by atoms with Crippen molar-refractivity contribution in [3.63, 3.8) is 0 Å². The van der Waals surface area contributed by atoms with Crippen LogP contribution in [0, 0.1) is 0 Å². The maximum atomic E-state index is 12.9. The summed E-state index contributed by atoms with van der Waals surface area (Å²) in [6.45, 7) is 3.77. The Balaban J connectivity index is 3.58. The van der Waals surface area contributed by atoms with Crippen LogP contribution in [0.5, 0.6) is 0 Å². The molecule has 0 unspecified atom stereocenters. The first-order chi connectivity index (χ1) is 5.31. The first-order valence-corrected chi connectivity index (χ1v) is 5.83. The number of rotatable bonds is 4. The fraction of sp³-hybridized carbons (Fsp3) is 0.857. The van der Waals surface area contributed by atoms with Crippen LogP contribution in [0.25, 0.3) is 0 Å². The highest BCUT2D eigenvalue weighted by atomic mass is 127. The van der Waals surface area contributed by atoms with E-state index in [1.165, 1.54) is 0 Å². The molecule has 12 heavy (non-hydrogen) atoms. The Kier molecular flexibility index (Phi) is 5.96. The van der Waals surface area contributed by atoms with E-state index in [4.69, 9.17) is 0 Å². The van der Waals surface area contributed by atoms with E-state index in [0.29, 0.717) is 0 Å². The average molecular weight is 399 g/mol. The van der Waals surface area contributed by atoms with Crippen LogP contribution >= 0.6 is 45.2 Å². The molecule has 72 valence electrons. The summed E-state index contributed by atoms with van der Waals surface area (Å²) in [6, 6.07) is 0.134. The third-order valence-electron chi connectivity index (χ3n) is 1.09. The van der Waals surface area contributed by atoms with Crippen molar-refractivity contribution in [3.8, 4) is 0 Å². The van der Waals surface area contributed by atoms with Crippen molar-refractivity contribution >= 4 is 51.1 Å². The van der Waals surface area contributed by atoms with Crippen molar-refractivity contribution in [3.05, 3.63) is 0 Å². The number of carbonyl (C=O) groups excluding carboxylic acids is 1. The zero-order chi connectivity index (χ0) is 9.78. The van der Waals surface area contributed by atoms with Gasteiger partial charge < -0.3 is 5.32 Å². The van der Waals surface area contributed by atoms with E-state index in [2.05, 4.69) is 5.32 Å². The van der Waals surface area contributed by atoms with Gasteiger partial charge in [0.2, 0.25) is 7.59 Å². The molecule has 0 saturated carbocycles. The van der Waals surface area contributed by atoms with Crippen LogP contribution in [0.3, 0.4) is 0 Å². The highest BCUT2D eigenvalue weighted by Gasteiger charge is 2.21. The molecule has 0 aliphatic rings. The molecule has 5 heteroatoms. The predicted octanol–water partition coefficient (Wildman–Crippen LogP) is 2.78. The van der Waals surface area contributed by atoms with Crippen molar-refractivity contribution in [2.75, 3.05) is 0 Å². The molecule has 0 spiro atoms. The Morgan fingerprint density at radius 3 is 2.42 bits per heavy atom. The molecule has 0 aliphatic heterocycles. The standard InChI is InChI=1S/C7H12FI2NO/c1-5(2)11-6(12)3-4-7(8,9)10/h5H,3-4H2,1-2H3,(H,11,12). The molecular formula is C7H12FI2NO. The number of hydrogen-bond donors (Lipinski definition) is 1. The van der Waals surface area contributed by atoms with E-state index in [0.717, 1.165) is 0 Å². The fourth-order valence-electron chi connectivity index (χ4n) is 0.649. The van der Waals surface area contributed by atoms with Crippen LogP contribution in [-0.4, -0.2) is 13.6 Å². The number of nitrogens with one attached hydrogen (secondary N) is 1. The van der Waals surface area contributed by atoms with E-state index < -0.39 is 1.68 Å². The highest BCUT2D eigenvalue weighted by molar-refractivity contribution is 14.2. The Hall–Kier alpha value is 0.860. The van der Waals surface area contributed by atoms with Crippen LogP contribution in [0.15, 0.2) is 0 Å². The summed E-state index contributed by atoms with van der Waals surface area (Å²) in [6.07, 6.45) is 0.507. The maximum Gasteiger partial charge on any atom is 0.220 e. The van der Waals surface area contributed by atoms with Gasteiger partial charge in [0, 0.05) is 18.9 Å². The van der Waals surface area contributed by atoms with E-state index in [9.17, 15) is 9.18 Å². The third-order valence-corrected chi connectivity index (χ3v) is 2.16. The van der Waals surface area contributed by atoms with E-state index in [1.807, 2.05) is 13.8 Å². The van der Waals surface area contributed by atoms with Gasteiger partial charge in [-0.3, -0.25) is 4.79 Å². The van der Waals surface area contributed by atoms with Crippen LogP contribution < -0.4 is 5.32 Å². The molecule has 2 nitrogen and oxygen atoms in total. The number of halogens is 3. The lowest BCUT2D eigenvalue weighted by Gasteiger charge is -2.11. The molecule has 0 aromatic carbocycles. The minimum atomic E-state index is -1.30. The molecule has 0 rings (SSSR count). The number of carbonyl (C=O) groups is 1. The van der Waals surface area contributed by atoms with Crippen LogP contribution in [0.1, 0.15) is 26.7 Å². The zero-order valence-corrected chi connectivity index (χ0v) is 11.3. The first-order valence-electron chi connectivity index (χ1n) is 3.67. The number of amides is 1. The molecule has 0 heterocycles. The molecule has 0 aromatic rings. The minimum Gasteiger partial charge on any atom is -0.354 e. The van der Waals surface area contributed by atoms with Crippen molar-refractivity contribution in [2.45, 2.75) is 34.4 Å². The summed E-state index contributed by atoms with van der Waals surface area (Å²) in [5, 5.41) is 2.70. The molecule has 0 fully saturated rings. The van der Waals surface area contributed by atoms with Gasteiger partial charge in [-0.2, -0.15) is 0 Å². The van der Waals surface area contributed by atoms with Crippen LogP contribution in [0.4, 0.5) is 4.39 Å². The molecule has 0 atom stereocenters. The molecule has 0 radical (unpaired) electrons. The Labute approximate surface area is 99.3 Å². The van der Waals surface area contributed by atoms with Gasteiger partial charge in [0.1, 0.15) is 0 Å². The second kappa shape index (κ2) is 5.56. The third kappa shape index (κ3) is 8.95. The first kappa shape index (κ1) is 12.9. The quantitative estimate of drug-likeness (QED) is 0.572. The van der Waals surface area contributed by atoms with Crippen molar-refractivity contribution in [1.82, 2.24) is 5.32 Å². The van der Waals surface area contributed by atoms with Gasteiger partial charge in [0.25, 0.3) is 0 Å². The SMILES string of the molecule is CC(C)NC(=O)CCC(F)(I)I. The average Bonchev–Trinajstić information content (AvgIpc) is 1.80. The molecule has 0 aromatic heterocycles. The van der Waals surface area contributed by atoms with E-state index in [1.54, 1.807) is 45.2 Å². The summed E-state index contributed by atoms with van der Waals surface area (Å²) in [7, 11) is 0. The molecule has 0 bridgehead atoms. The number of hydrogen-bond acceptors (Lipinski definition) is 1. The van der Waals surface area contributed by atoms with Gasteiger partial charge in [0.15, 0.2) is 0 Å². The zero-order valence-electron chi connectivity index (χ0n) is 7.03. The predicted molar refractivity (Wildman–Crippen MR) is 64.4 cm³/mol. The van der Waals surface area contributed by atoms with Gasteiger partial charge in [-0.05, 0) is 59.0 Å². The van der Waals surface area contributed by atoms with Crippen LogP contribution in [0.2, 0.25) is 0 Å². The highest BCUT2D eigenvalue weighted by Crippen LogP contribution is 2.33. The van der Waals surface area contributed by atoms with Gasteiger partial charge in [-0.15, -0.1) is 0 Å².